The van der Waals surface area contributed by atoms with Crippen LogP contribution < -0.4 is 17.0 Å². The number of fused-ring (bicyclic) bond motifs is 1. The Morgan fingerprint density at radius 1 is 1.10 bits per heavy atom. The van der Waals surface area contributed by atoms with Gasteiger partial charge >= 0.3 is 0 Å². The van der Waals surface area contributed by atoms with Crippen molar-refractivity contribution in [1.29, 1.82) is 5.26 Å². The normalized spacial score (nSPS) is 11.7. The lowest BCUT2D eigenvalue weighted by molar-refractivity contribution is -0.131. The number of phenolic OH excluding ortho intramolecular Hbond substituents is 1. The summed E-state index contributed by atoms with van der Waals surface area (Å²) in [7, 11) is 4.14. The molecule has 1 heterocycles. The van der Waals surface area contributed by atoms with Crippen molar-refractivity contribution >= 4 is 28.7 Å². The zero-order valence-electron chi connectivity index (χ0n) is 33.1. The molecule has 0 aliphatic carbocycles. The molecule has 286 valence electrons. The Bertz CT molecular complexity index is 1660. The molecular weight excluding hydrogens is 653 g/mol. The van der Waals surface area contributed by atoms with Gasteiger partial charge in [-0.1, -0.05) is 51.5 Å². The van der Waals surface area contributed by atoms with Crippen LogP contribution in [0.1, 0.15) is 97.4 Å². The third-order valence-corrected chi connectivity index (χ3v) is 8.52. The molecule has 10 nitrogen and oxygen atoms in total. The summed E-state index contributed by atoms with van der Waals surface area (Å²) in [5, 5.41) is 19.1. The number of carbonyl (C=O) groups excluding carboxylic acids is 2. The van der Waals surface area contributed by atoms with Crippen molar-refractivity contribution in [2.24, 2.45) is 17.0 Å². The number of carbonyl (C=O) groups is 2. The summed E-state index contributed by atoms with van der Waals surface area (Å²) in [6, 6.07) is 13.7. The number of benzene rings is 2. The topological polar surface area (TPSA) is 160 Å². The van der Waals surface area contributed by atoms with Gasteiger partial charge in [-0.25, -0.2) is 0 Å². The number of hydrazine groups is 1. The van der Waals surface area contributed by atoms with Crippen LogP contribution in [0.3, 0.4) is 0 Å². The van der Waals surface area contributed by atoms with Gasteiger partial charge in [0.25, 0.3) is 6.47 Å². The standard InChI is InChI=1S/C38H55N5O4.C2H3N.C2H6/c1-7-43-36-14-12-29(30-19-28(20-33(46)21-30)11-13-32(45)10-8-9-16-41-40)22-34(36)35(23-38(3,4)25-47-26-44)37(43)31(24-39)18-27(2)15-17-42(5)6;1-2-3;1-2/h12,14,18-22,24,26,41,46H,7-11,13,15-17,23,25,39-40H2,1-6H3;1H3;1-2H3/b27-18+,31-24+;;. The molecule has 2 aromatic carbocycles. The van der Waals surface area contributed by atoms with Gasteiger partial charge in [0, 0.05) is 67.5 Å². The molecule has 0 saturated carbocycles. The molecule has 0 spiro atoms. The Labute approximate surface area is 312 Å². The van der Waals surface area contributed by atoms with Crippen molar-refractivity contribution in [3.63, 3.8) is 0 Å². The monoisotopic (exact) mass is 716 g/mol. The number of ether oxygens (including phenoxy) is 1. The van der Waals surface area contributed by atoms with E-state index in [0.29, 0.717) is 38.7 Å². The molecule has 0 amide bonds. The molecule has 1 aromatic heterocycles. The van der Waals surface area contributed by atoms with E-state index in [2.05, 4.69) is 87.0 Å². The molecule has 0 aliphatic rings. The summed E-state index contributed by atoms with van der Waals surface area (Å²) in [6.07, 6.45) is 8.64. The number of nitrogens with two attached hydrogens (primary N) is 2. The second-order valence-corrected chi connectivity index (χ2v) is 13.8. The number of unbranched alkanes of at least 4 members (excludes halogenated alkanes) is 1. The molecule has 0 unspecified atom stereocenters. The number of allylic oxidation sites excluding steroid dienone is 2. The van der Waals surface area contributed by atoms with E-state index in [4.69, 9.17) is 21.6 Å². The summed E-state index contributed by atoms with van der Waals surface area (Å²) in [4.78, 5) is 25.8. The second-order valence-electron chi connectivity index (χ2n) is 13.8. The molecule has 3 rings (SSSR count). The fourth-order valence-corrected chi connectivity index (χ4v) is 6.11. The number of nitrogens with zero attached hydrogens (tertiary/aromatic N) is 3. The van der Waals surface area contributed by atoms with E-state index in [0.717, 1.165) is 76.8 Å². The van der Waals surface area contributed by atoms with Crippen molar-refractivity contribution < 1.29 is 19.4 Å². The van der Waals surface area contributed by atoms with E-state index in [9.17, 15) is 14.7 Å². The van der Waals surface area contributed by atoms with Gasteiger partial charge in [0.05, 0.1) is 18.4 Å². The molecule has 52 heavy (non-hydrogen) atoms. The summed E-state index contributed by atoms with van der Waals surface area (Å²) in [6.45, 7) is 17.1. The van der Waals surface area contributed by atoms with Crippen molar-refractivity contribution in [2.45, 2.75) is 100.0 Å². The molecule has 0 saturated heterocycles. The van der Waals surface area contributed by atoms with Crippen molar-refractivity contribution in [2.75, 3.05) is 33.8 Å². The molecule has 6 N–H and O–H groups in total. The smallest absolute Gasteiger partial charge is 0.293 e. The van der Waals surface area contributed by atoms with E-state index in [1.54, 1.807) is 24.4 Å². The number of rotatable bonds is 20. The minimum absolute atomic E-state index is 0.171. The van der Waals surface area contributed by atoms with E-state index in [1.165, 1.54) is 12.5 Å². The number of aryl methyl sites for hydroxylation is 2. The summed E-state index contributed by atoms with van der Waals surface area (Å²) < 4.78 is 7.56. The molecule has 10 heteroatoms. The van der Waals surface area contributed by atoms with E-state index >= 15 is 0 Å². The highest BCUT2D eigenvalue weighted by atomic mass is 16.5. The average molecular weight is 717 g/mol. The predicted molar refractivity (Wildman–Crippen MR) is 215 cm³/mol. The maximum atomic E-state index is 12.5. The number of phenols is 1. The molecule has 0 fully saturated rings. The molecule has 3 aromatic rings. The number of ketones is 1. The summed E-state index contributed by atoms with van der Waals surface area (Å²) >= 11 is 0. The fourth-order valence-electron chi connectivity index (χ4n) is 6.11. The lowest BCUT2D eigenvalue weighted by Gasteiger charge is -2.24. The lowest BCUT2D eigenvalue weighted by Crippen LogP contribution is -2.22. The number of nitriles is 1. The van der Waals surface area contributed by atoms with Crippen LogP contribution in [0.4, 0.5) is 0 Å². The predicted octanol–water partition coefficient (Wildman–Crippen LogP) is 7.66. The third kappa shape index (κ3) is 14.7. The van der Waals surface area contributed by atoms with Crippen LogP contribution in [0.25, 0.3) is 27.6 Å². The van der Waals surface area contributed by atoms with Crippen LogP contribution in [0.15, 0.2) is 54.2 Å². The average Bonchev–Trinajstić information content (AvgIpc) is 3.42. The Balaban J connectivity index is 0.00000256. The summed E-state index contributed by atoms with van der Waals surface area (Å²) in [5.41, 5.74) is 16.9. The molecule has 0 atom stereocenters. The van der Waals surface area contributed by atoms with Crippen LogP contribution in [-0.2, 0) is 33.7 Å². The first-order chi connectivity index (χ1) is 24.8. The van der Waals surface area contributed by atoms with Gasteiger partial charge in [-0.3, -0.25) is 20.9 Å². The third-order valence-electron chi connectivity index (χ3n) is 8.52. The van der Waals surface area contributed by atoms with Gasteiger partial charge in [0.15, 0.2) is 0 Å². The maximum Gasteiger partial charge on any atom is 0.293 e. The zero-order chi connectivity index (χ0) is 39.3. The molecule has 0 radical (unpaired) electrons. The number of Topliss-reactive ketones (excluding diaryl/α,β-unsaturated/α-hetero) is 1. The van der Waals surface area contributed by atoms with Crippen molar-refractivity contribution in [3.05, 3.63) is 71.1 Å². The Kier molecular flexibility index (Phi) is 21.0. The SMILES string of the molecule is CC.CC#N.CCn1c(C(/C=C(\C)CCN(C)C)=C/N)c(CC(C)(C)COC=O)c2cc(-c3cc(O)cc(CCC(=O)CCCCNN)c3)ccc21. The number of hydrogen-bond donors (Lipinski definition) is 4. The Morgan fingerprint density at radius 2 is 1.79 bits per heavy atom. The van der Waals surface area contributed by atoms with Gasteiger partial charge in [-0.2, -0.15) is 5.26 Å². The van der Waals surface area contributed by atoms with Crippen molar-refractivity contribution in [3.8, 4) is 22.9 Å². The first kappa shape index (κ1) is 45.6. The first-order valence-electron chi connectivity index (χ1n) is 18.4. The summed E-state index contributed by atoms with van der Waals surface area (Å²) in [5.74, 6) is 5.70. The zero-order valence-corrected chi connectivity index (χ0v) is 33.1. The number of nitrogens with one attached hydrogen (secondary N) is 1. The largest absolute Gasteiger partial charge is 0.508 e. The van der Waals surface area contributed by atoms with E-state index in [1.807, 2.05) is 13.8 Å². The van der Waals surface area contributed by atoms with Crippen LogP contribution in [0.2, 0.25) is 0 Å². The quantitative estimate of drug-likeness (QED) is 0.0303. The number of hydrogen-bond acceptors (Lipinski definition) is 9. The molecule has 0 bridgehead atoms. The van der Waals surface area contributed by atoms with Gasteiger partial charge in [0.1, 0.15) is 11.5 Å². The van der Waals surface area contributed by atoms with Crippen LogP contribution >= 0.6 is 0 Å². The van der Waals surface area contributed by atoms with Gasteiger partial charge in [-0.05, 0) is 107 Å². The van der Waals surface area contributed by atoms with Gasteiger partial charge < -0.3 is 25.0 Å². The van der Waals surface area contributed by atoms with E-state index in [-0.39, 0.29) is 23.6 Å². The fraction of sp³-hybridized carbons (Fsp3) is 0.500. The number of aromatic hydroxyl groups is 1. The Hall–Kier alpha value is -4.43. The van der Waals surface area contributed by atoms with Gasteiger partial charge in [0.2, 0.25) is 0 Å². The molecule has 0 aliphatic heterocycles. The van der Waals surface area contributed by atoms with Crippen LogP contribution in [0, 0.1) is 16.7 Å². The van der Waals surface area contributed by atoms with Crippen LogP contribution in [0.5, 0.6) is 5.75 Å². The lowest BCUT2D eigenvalue weighted by atomic mass is 9.84. The Morgan fingerprint density at radius 3 is 2.38 bits per heavy atom. The molecular formula is C42H64N6O4. The van der Waals surface area contributed by atoms with Gasteiger partial charge in [-0.15, -0.1) is 0 Å². The van der Waals surface area contributed by atoms with Crippen LogP contribution in [-0.4, -0.2) is 60.6 Å². The number of aromatic nitrogens is 1. The minimum Gasteiger partial charge on any atom is -0.508 e. The second kappa shape index (κ2) is 23.9. The maximum absolute atomic E-state index is 12.5. The highest BCUT2D eigenvalue weighted by Gasteiger charge is 2.27. The first-order valence-corrected chi connectivity index (χ1v) is 18.4. The highest BCUT2D eigenvalue weighted by molar-refractivity contribution is 5.95. The highest BCUT2D eigenvalue weighted by Crippen LogP contribution is 2.39. The minimum atomic E-state index is -0.340. The van der Waals surface area contributed by atoms with E-state index < -0.39 is 0 Å². The van der Waals surface area contributed by atoms with Crippen molar-refractivity contribution in [1.82, 2.24) is 14.9 Å².